The molecule has 1 atom stereocenters. The van der Waals surface area contributed by atoms with Crippen molar-refractivity contribution in [2.45, 2.75) is 13.0 Å². The SMILES string of the molecule is C[C@@H](NC(=O)Nc1cc2[nH]nc(-c3cnn(C)c3)c2cn1)c1ccc(F)c(Cl)c1. The van der Waals surface area contributed by atoms with Gasteiger partial charge in [-0.25, -0.2) is 14.2 Å². The maximum absolute atomic E-state index is 13.3. The van der Waals surface area contributed by atoms with E-state index in [2.05, 4.69) is 30.9 Å². The number of hydrogen-bond donors (Lipinski definition) is 3. The van der Waals surface area contributed by atoms with Crippen LogP contribution < -0.4 is 10.6 Å². The molecule has 4 aromatic rings. The number of nitrogens with zero attached hydrogens (tertiary/aromatic N) is 4. The van der Waals surface area contributed by atoms with Gasteiger partial charge in [0.05, 0.1) is 22.8 Å². The van der Waals surface area contributed by atoms with Gasteiger partial charge in [0.25, 0.3) is 0 Å². The van der Waals surface area contributed by atoms with E-state index >= 15 is 0 Å². The maximum Gasteiger partial charge on any atom is 0.320 e. The molecule has 0 saturated carbocycles. The van der Waals surface area contributed by atoms with E-state index in [1.54, 1.807) is 36.1 Å². The third kappa shape index (κ3) is 3.90. The zero-order valence-corrected chi connectivity index (χ0v) is 16.3. The molecule has 0 bridgehead atoms. The van der Waals surface area contributed by atoms with E-state index in [9.17, 15) is 9.18 Å². The molecule has 0 saturated heterocycles. The molecule has 0 spiro atoms. The molecule has 0 fully saturated rings. The van der Waals surface area contributed by atoms with E-state index in [1.807, 2.05) is 13.2 Å². The average molecular weight is 414 g/mol. The monoisotopic (exact) mass is 413 g/mol. The molecular weight excluding hydrogens is 397 g/mol. The van der Waals surface area contributed by atoms with Gasteiger partial charge in [-0.2, -0.15) is 10.2 Å². The number of hydrogen-bond acceptors (Lipinski definition) is 4. The number of benzene rings is 1. The summed E-state index contributed by atoms with van der Waals surface area (Å²) in [6.07, 6.45) is 5.22. The second kappa shape index (κ2) is 7.51. The van der Waals surface area contributed by atoms with E-state index in [1.165, 1.54) is 12.1 Å². The summed E-state index contributed by atoms with van der Waals surface area (Å²) in [6, 6.07) is 5.19. The minimum absolute atomic E-state index is 0.00680. The summed E-state index contributed by atoms with van der Waals surface area (Å²) in [5.74, 6) is -0.143. The molecule has 0 aliphatic carbocycles. The molecule has 148 valence electrons. The van der Waals surface area contributed by atoms with Gasteiger partial charge in [0.1, 0.15) is 17.3 Å². The fourth-order valence-electron chi connectivity index (χ4n) is 2.96. The van der Waals surface area contributed by atoms with Crippen molar-refractivity contribution in [2.24, 2.45) is 7.05 Å². The topological polar surface area (TPSA) is 101 Å². The molecular formula is C19H17ClFN7O. The fraction of sp³-hybridized carbons (Fsp3) is 0.158. The van der Waals surface area contributed by atoms with Crippen LogP contribution in [-0.2, 0) is 7.05 Å². The Balaban J connectivity index is 1.47. The lowest BCUT2D eigenvalue weighted by Gasteiger charge is -2.15. The zero-order chi connectivity index (χ0) is 20.5. The lowest BCUT2D eigenvalue weighted by atomic mass is 10.1. The molecule has 29 heavy (non-hydrogen) atoms. The van der Waals surface area contributed by atoms with Gasteiger partial charge in [-0.15, -0.1) is 0 Å². The second-order valence-corrected chi connectivity index (χ2v) is 6.99. The first-order chi connectivity index (χ1) is 13.9. The fourth-order valence-corrected chi connectivity index (χ4v) is 3.15. The molecule has 4 rings (SSSR count). The number of carbonyl (C=O) groups excluding carboxylic acids is 1. The number of aromatic nitrogens is 5. The van der Waals surface area contributed by atoms with Gasteiger partial charge in [-0.05, 0) is 24.6 Å². The quantitative estimate of drug-likeness (QED) is 0.470. The summed E-state index contributed by atoms with van der Waals surface area (Å²) < 4.78 is 15.0. The number of nitrogens with one attached hydrogen (secondary N) is 3. The lowest BCUT2D eigenvalue weighted by molar-refractivity contribution is 0.249. The Kier molecular flexibility index (Phi) is 4.89. The lowest BCUT2D eigenvalue weighted by Crippen LogP contribution is -2.31. The van der Waals surface area contributed by atoms with E-state index in [0.717, 1.165) is 22.2 Å². The first-order valence-electron chi connectivity index (χ1n) is 8.76. The van der Waals surface area contributed by atoms with Gasteiger partial charge in [0.15, 0.2) is 0 Å². The van der Waals surface area contributed by atoms with Crippen LogP contribution >= 0.6 is 11.6 Å². The van der Waals surface area contributed by atoms with Gasteiger partial charge in [-0.1, -0.05) is 17.7 Å². The Bertz CT molecular complexity index is 1200. The summed E-state index contributed by atoms with van der Waals surface area (Å²) in [4.78, 5) is 16.6. The number of anilines is 1. The highest BCUT2D eigenvalue weighted by Gasteiger charge is 2.14. The van der Waals surface area contributed by atoms with Crippen LogP contribution in [0.2, 0.25) is 5.02 Å². The number of pyridine rings is 1. The third-order valence-corrected chi connectivity index (χ3v) is 4.75. The van der Waals surface area contributed by atoms with Gasteiger partial charge < -0.3 is 5.32 Å². The molecule has 8 nitrogen and oxygen atoms in total. The van der Waals surface area contributed by atoms with Crippen molar-refractivity contribution in [3.05, 3.63) is 59.3 Å². The highest BCUT2D eigenvalue weighted by molar-refractivity contribution is 6.30. The summed E-state index contributed by atoms with van der Waals surface area (Å²) in [5.41, 5.74) is 3.02. The number of fused-ring (bicyclic) bond motifs is 1. The highest BCUT2D eigenvalue weighted by Crippen LogP contribution is 2.26. The van der Waals surface area contributed by atoms with Crippen molar-refractivity contribution >= 4 is 34.4 Å². The Morgan fingerprint density at radius 2 is 2.14 bits per heavy atom. The van der Waals surface area contributed by atoms with Crippen molar-refractivity contribution in [1.82, 2.24) is 30.3 Å². The molecule has 2 amide bonds. The molecule has 3 aromatic heterocycles. The van der Waals surface area contributed by atoms with Crippen LogP contribution in [0.5, 0.6) is 0 Å². The van der Waals surface area contributed by atoms with Crippen molar-refractivity contribution in [3.8, 4) is 11.3 Å². The molecule has 3 heterocycles. The predicted octanol–water partition coefficient (Wildman–Crippen LogP) is 4.03. The first-order valence-corrected chi connectivity index (χ1v) is 9.14. The average Bonchev–Trinajstić information content (AvgIpc) is 3.29. The van der Waals surface area contributed by atoms with Crippen molar-refractivity contribution < 1.29 is 9.18 Å². The van der Waals surface area contributed by atoms with Crippen LogP contribution in [0.15, 0.2) is 42.9 Å². The number of carbonyl (C=O) groups is 1. The van der Waals surface area contributed by atoms with Crippen molar-refractivity contribution in [3.63, 3.8) is 0 Å². The van der Waals surface area contributed by atoms with Gasteiger partial charge in [0.2, 0.25) is 0 Å². The number of aromatic amines is 1. The number of halogens is 2. The summed E-state index contributed by atoms with van der Waals surface area (Å²) >= 11 is 5.80. The standard InChI is InChI=1S/C19H17ClFN7O/c1-10(11-3-4-15(21)14(20)5-11)24-19(29)25-17-6-16-13(8-22-17)18(27-26-16)12-7-23-28(2)9-12/h3-10H,1-2H3,(H,26,27)(H2,22,24,25,29)/t10-/m1/s1. The third-order valence-electron chi connectivity index (χ3n) is 4.46. The summed E-state index contributed by atoms with van der Waals surface area (Å²) in [7, 11) is 1.83. The first kappa shape index (κ1) is 18.9. The van der Waals surface area contributed by atoms with Crippen LogP contribution in [0.1, 0.15) is 18.5 Å². The predicted molar refractivity (Wildman–Crippen MR) is 108 cm³/mol. The number of rotatable bonds is 4. The number of amides is 2. The molecule has 0 aliphatic rings. The molecule has 0 unspecified atom stereocenters. The minimum atomic E-state index is -0.505. The van der Waals surface area contributed by atoms with Crippen LogP contribution in [0.4, 0.5) is 15.0 Å². The van der Waals surface area contributed by atoms with Crippen LogP contribution in [0.3, 0.4) is 0 Å². The molecule has 0 radical (unpaired) electrons. The Morgan fingerprint density at radius 1 is 1.31 bits per heavy atom. The Labute approximate surface area is 170 Å². The largest absolute Gasteiger partial charge is 0.331 e. The van der Waals surface area contributed by atoms with E-state index in [0.29, 0.717) is 11.4 Å². The molecule has 3 N–H and O–H groups in total. The number of aryl methyl sites for hydroxylation is 1. The van der Waals surface area contributed by atoms with Crippen LogP contribution in [0, 0.1) is 5.82 Å². The van der Waals surface area contributed by atoms with Crippen LogP contribution in [-0.4, -0.2) is 31.0 Å². The van der Waals surface area contributed by atoms with Crippen molar-refractivity contribution in [2.75, 3.05) is 5.32 Å². The van der Waals surface area contributed by atoms with E-state index < -0.39 is 11.8 Å². The summed E-state index contributed by atoms with van der Waals surface area (Å²) in [5, 5.41) is 17.7. The van der Waals surface area contributed by atoms with Gasteiger partial charge in [-0.3, -0.25) is 15.1 Å². The van der Waals surface area contributed by atoms with Crippen LogP contribution in [0.25, 0.3) is 22.2 Å². The van der Waals surface area contributed by atoms with Gasteiger partial charge in [0, 0.05) is 36.5 Å². The van der Waals surface area contributed by atoms with Gasteiger partial charge >= 0.3 is 6.03 Å². The van der Waals surface area contributed by atoms with E-state index in [-0.39, 0.29) is 11.1 Å². The Hall–Kier alpha value is -3.46. The molecule has 1 aromatic carbocycles. The number of H-pyrrole nitrogens is 1. The maximum atomic E-state index is 13.3. The van der Waals surface area contributed by atoms with Crippen molar-refractivity contribution in [1.29, 1.82) is 0 Å². The molecule has 0 aliphatic heterocycles. The normalized spacial score (nSPS) is 12.1. The molecule has 10 heteroatoms. The van der Waals surface area contributed by atoms with E-state index in [4.69, 9.17) is 11.6 Å². The summed E-state index contributed by atoms with van der Waals surface area (Å²) in [6.45, 7) is 1.77. The minimum Gasteiger partial charge on any atom is -0.331 e. The second-order valence-electron chi connectivity index (χ2n) is 6.58. The Morgan fingerprint density at radius 3 is 2.86 bits per heavy atom. The number of urea groups is 1. The smallest absolute Gasteiger partial charge is 0.320 e. The zero-order valence-electron chi connectivity index (χ0n) is 15.6. The highest BCUT2D eigenvalue weighted by atomic mass is 35.5.